The molecule has 262 valence electrons. The van der Waals surface area contributed by atoms with Crippen molar-refractivity contribution in [1.29, 1.82) is 0 Å². The van der Waals surface area contributed by atoms with Gasteiger partial charge in [-0.25, -0.2) is 9.59 Å². The van der Waals surface area contributed by atoms with E-state index in [4.69, 9.17) is 9.47 Å². The lowest BCUT2D eigenvalue weighted by Crippen LogP contribution is -2.58. The van der Waals surface area contributed by atoms with Gasteiger partial charge in [-0.1, -0.05) is 56.4 Å². The average Bonchev–Trinajstić information content (AvgIpc) is 3.89. The Morgan fingerprint density at radius 2 is 1.62 bits per heavy atom. The molecule has 0 aromatic heterocycles. The van der Waals surface area contributed by atoms with E-state index in [1.807, 2.05) is 24.3 Å². The SMILES string of the molecule is CC(C)(C)OC(=O)N[C@H]1CCCCCCCC2C[C@@]2(C(=O)NCC2CC2)NC(=O)[C@@H]2C[C@@H](OC(=O)N3Cc4ccccc4C3)CN2C1=O. The number of rotatable bonds is 5. The highest BCUT2D eigenvalue weighted by Gasteiger charge is 2.61. The van der Waals surface area contributed by atoms with Crippen LogP contribution in [0.5, 0.6) is 0 Å². The molecule has 1 aromatic rings. The second-order valence-corrected chi connectivity index (χ2v) is 15.4. The van der Waals surface area contributed by atoms with Gasteiger partial charge in [-0.15, -0.1) is 0 Å². The molecule has 0 radical (unpaired) electrons. The number of amides is 5. The van der Waals surface area contributed by atoms with Crippen molar-refractivity contribution in [3.8, 4) is 0 Å². The molecule has 12 heteroatoms. The zero-order valence-electron chi connectivity index (χ0n) is 28.6. The van der Waals surface area contributed by atoms with Crippen LogP contribution >= 0.6 is 0 Å². The smallest absolute Gasteiger partial charge is 0.410 e. The van der Waals surface area contributed by atoms with Crippen molar-refractivity contribution in [2.24, 2.45) is 11.8 Å². The first-order valence-corrected chi connectivity index (χ1v) is 17.8. The van der Waals surface area contributed by atoms with E-state index in [2.05, 4.69) is 16.0 Å². The Morgan fingerprint density at radius 3 is 2.29 bits per heavy atom. The summed E-state index contributed by atoms with van der Waals surface area (Å²) >= 11 is 0. The largest absolute Gasteiger partial charge is 0.444 e. The van der Waals surface area contributed by atoms with E-state index in [1.54, 1.807) is 25.7 Å². The van der Waals surface area contributed by atoms with Crippen LogP contribution in [-0.4, -0.2) is 82.1 Å². The molecule has 0 bridgehead atoms. The number of hydrogen-bond donors (Lipinski definition) is 3. The number of carbonyl (C=O) groups excluding carboxylic acids is 5. The second kappa shape index (κ2) is 14.0. The maximum atomic E-state index is 14.3. The third-order valence-electron chi connectivity index (χ3n) is 10.4. The predicted octanol–water partition coefficient (Wildman–Crippen LogP) is 4.15. The lowest BCUT2D eigenvalue weighted by atomic mass is 10.0. The highest BCUT2D eigenvalue weighted by Crippen LogP contribution is 2.48. The van der Waals surface area contributed by atoms with Crippen molar-refractivity contribution in [3.63, 3.8) is 0 Å². The molecule has 3 N–H and O–H groups in total. The number of nitrogens with one attached hydrogen (secondary N) is 3. The van der Waals surface area contributed by atoms with Gasteiger partial charge in [0.15, 0.2) is 0 Å². The van der Waals surface area contributed by atoms with Gasteiger partial charge >= 0.3 is 12.2 Å². The Labute approximate surface area is 283 Å². The lowest BCUT2D eigenvalue weighted by Gasteiger charge is -2.30. The van der Waals surface area contributed by atoms with E-state index in [9.17, 15) is 24.0 Å². The number of alkyl carbamates (subject to hydrolysis) is 1. The van der Waals surface area contributed by atoms with Crippen molar-refractivity contribution in [3.05, 3.63) is 35.4 Å². The van der Waals surface area contributed by atoms with Crippen molar-refractivity contribution >= 4 is 29.9 Å². The lowest BCUT2D eigenvalue weighted by molar-refractivity contribution is -0.141. The van der Waals surface area contributed by atoms with Gasteiger partial charge in [0.05, 0.1) is 6.54 Å². The normalized spacial score (nSPS) is 29.3. The van der Waals surface area contributed by atoms with Gasteiger partial charge in [0.2, 0.25) is 17.7 Å². The van der Waals surface area contributed by atoms with Crippen LogP contribution in [0.4, 0.5) is 9.59 Å². The third kappa shape index (κ3) is 8.06. The Bertz CT molecular complexity index is 1380. The van der Waals surface area contributed by atoms with E-state index in [0.717, 1.165) is 56.1 Å². The van der Waals surface area contributed by atoms with E-state index in [0.29, 0.717) is 44.8 Å². The van der Waals surface area contributed by atoms with Gasteiger partial charge in [-0.3, -0.25) is 19.3 Å². The molecule has 4 fully saturated rings. The molecule has 5 atom stereocenters. The first kappa shape index (κ1) is 34.0. The number of hydrogen-bond acceptors (Lipinski definition) is 7. The molecule has 48 heavy (non-hydrogen) atoms. The molecule has 5 amide bonds. The minimum absolute atomic E-state index is 0.000250. The van der Waals surface area contributed by atoms with Crippen LogP contribution < -0.4 is 16.0 Å². The number of carbonyl (C=O) groups is 5. The average molecular weight is 666 g/mol. The van der Waals surface area contributed by atoms with Crippen LogP contribution in [0.2, 0.25) is 0 Å². The summed E-state index contributed by atoms with van der Waals surface area (Å²) in [6, 6.07) is 5.94. The maximum Gasteiger partial charge on any atom is 0.410 e. The molecule has 1 unspecified atom stereocenters. The van der Waals surface area contributed by atoms with Crippen molar-refractivity contribution in [1.82, 2.24) is 25.8 Å². The molecule has 2 saturated heterocycles. The molecular formula is C36H51N5O7. The molecule has 3 aliphatic heterocycles. The van der Waals surface area contributed by atoms with Crippen molar-refractivity contribution in [2.45, 2.75) is 134 Å². The summed E-state index contributed by atoms with van der Waals surface area (Å²) in [5.74, 6) is -0.498. The molecule has 2 aliphatic carbocycles. The standard InChI is InChI=1S/C36H51N5O7/c1-35(2,3)48-33(45)38-28-14-8-6-4-5-7-13-26-18-36(26,32(44)37-19-23-15-16-23)39-30(42)29-17-27(22-41(29)31(28)43)47-34(46)40-20-24-11-9-10-12-25(24)21-40/h9-12,23,26-29H,4-8,13-22H2,1-3H3,(H,37,44)(H,38,45)(H,39,42)/t26?,27-,28+,29+,36-/m1/s1. The molecule has 6 rings (SSSR count). The number of ether oxygens (including phenoxy) is 2. The van der Waals surface area contributed by atoms with Crippen LogP contribution in [0.3, 0.4) is 0 Å². The fourth-order valence-electron chi connectivity index (χ4n) is 7.42. The fourth-order valence-corrected chi connectivity index (χ4v) is 7.42. The molecule has 1 aromatic carbocycles. The molecular weight excluding hydrogens is 614 g/mol. The van der Waals surface area contributed by atoms with Gasteiger partial charge < -0.3 is 30.3 Å². The number of fused-ring (bicyclic) bond motifs is 3. The van der Waals surface area contributed by atoms with Crippen LogP contribution in [0, 0.1) is 11.8 Å². The zero-order valence-corrected chi connectivity index (χ0v) is 28.6. The van der Waals surface area contributed by atoms with E-state index in [-0.39, 0.29) is 24.8 Å². The third-order valence-corrected chi connectivity index (χ3v) is 10.4. The maximum absolute atomic E-state index is 14.3. The molecule has 3 heterocycles. The monoisotopic (exact) mass is 665 g/mol. The predicted molar refractivity (Wildman–Crippen MR) is 176 cm³/mol. The summed E-state index contributed by atoms with van der Waals surface area (Å²) in [7, 11) is 0. The minimum Gasteiger partial charge on any atom is -0.444 e. The van der Waals surface area contributed by atoms with E-state index >= 15 is 0 Å². The number of benzene rings is 1. The van der Waals surface area contributed by atoms with E-state index in [1.165, 1.54) is 4.90 Å². The van der Waals surface area contributed by atoms with Gasteiger partial charge in [0.25, 0.3) is 0 Å². The first-order chi connectivity index (χ1) is 22.9. The van der Waals surface area contributed by atoms with Crippen molar-refractivity contribution < 1.29 is 33.4 Å². The zero-order chi connectivity index (χ0) is 34.1. The topological polar surface area (TPSA) is 146 Å². The minimum atomic E-state index is -1.01. The molecule has 2 saturated carbocycles. The first-order valence-electron chi connectivity index (χ1n) is 17.8. The summed E-state index contributed by atoms with van der Waals surface area (Å²) in [6.45, 7) is 6.72. The highest BCUT2D eigenvalue weighted by molar-refractivity contribution is 5.98. The molecule has 5 aliphatic rings. The summed E-state index contributed by atoms with van der Waals surface area (Å²) in [4.78, 5) is 71.3. The van der Waals surface area contributed by atoms with Crippen LogP contribution in [0.15, 0.2) is 24.3 Å². The van der Waals surface area contributed by atoms with Crippen LogP contribution in [-0.2, 0) is 36.9 Å². The highest BCUT2D eigenvalue weighted by atomic mass is 16.6. The quantitative estimate of drug-likeness (QED) is 0.429. The summed E-state index contributed by atoms with van der Waals surface area (Å²) in [5.41, 5.74) is 0.351. The summed E-state index contributed by atoms with van der Waals surface area (Å²) < 4.78 is 11.4. The summed E-state index contributed by atoms with van der Waals surface area (Å²) in [6.07, 6.45) is 6.64. The number of nitrogens with zero attached hydrogens (tertiary/aromatic N) is 2. The fraction of sp³-hybridized carbons (Fsp3) is 0.694. The van der Waals surface area contributed by atoms with Gasteiger partial charge in [-0.2, -0.15) is 0 Å². The Balaban J connectivity index is 1.22. The van der Waals surface area contributed by atoms with Crippen LogP contribution in [0.25, 0.3) is 0 Å². The van der Waals surface area contributed by atoms with Gasteiger partial charge in [0, 0.05) is 26.1 Å². The second-order valence-electron chi connectivity index (χ2n) is 15.4. The Hall–Kier alpha value is -3.83. The van der Waals surface area contributed by atoms with Crippen LogP contribution in [0.1, 0.15) is 103 Å². The Kier molecular flexibility index (Phi) is 9.90. The van der Waals surface area contributed by atoms with Crippen molar-refractivity contribution in [2.75, 3.05) is 13.1 Å². The van der Waals surface area contributed by atoms with Gasteiger partial charge in [0.1, 0.15) is 29.3 Å². The molecule has 12 nitrogen and oxygen atoms in total. The van der Waals surface area contributed by atoms with E-state index < -0.39 is 53.3 Å². The summed E-state index contributed by atoms with van der Waals surface area (Å²) in [5, 5.41) is 8.94. The Morgan fingerprint density at radius 1 is 0.958 bits per heavy atom. The van der Waals surface area contributed by atoms with Gasteiger partial charge in [-0.05, 0) is 75.8 Å². The molecule has 0 spiro atoms.